The van der Waals surface area contributed by atoms with Crippen LogP contribution in [0, 0.1) is 25.2 Å². The molecule has 2 rings (SSSR count). The molecular formula is C13H15N5O. The Balaban J connectivity index is 2.43. The minimum atomic E-state index is -0.0266. The van der Waals surface area contributed by atoms with Crippen molar-refractivity contribution < 1.29 is 5.11 Å². The zero-order valence-electron chi connectivity index (χ0n) is 10.9. The van der Waals surface area contributed by atoms with Gasteiger partial charge in [0.15, 0.2) is 5.82 Å². The average molecular weight is 257 g/mol. The number of nitrogens with zero attached hydrogens (tertiary/aromatic N) is 4. The van der Waals surface area contributed by atoms with Gasteiger partial charge in [-0.05, 0) is 31.0 Å². The molecule has 0 bridgehead atoms. The summed E-state index contributed by atoms with van der Waals surface area (Å²) in [6.45, 7) is 4.31. The van der Waals surface area contributed by atoms with Crippen LogP contribution in [0.1, 0.15) is 16.8 Å². The summed E-state index contributed by atoms with van der Waals surface area (Å²) < 4.78 is 0. The maximum atomic E-state index is 9.03. The second kappa shape index (κ2) is 5.50. The zero-order valence-corrected chi connectivity index (χ0v) is 10.9. The molecule has 1 aromatic heterocycles. The normalized spacial score (nSPS) is 10.2. The number of aliphatic hydroxyl groups is 1. The van der Waals surface area contributed by atoms with Crippen molar-refractivity contribution in [3.63, 3.8) is 0 Å². The van der Waals surface area contributed by atoms with Gasteiger partial charge in [-0.1, -0.05) is 12.1 Å². The molecule has 0 radical (unpaired) electrons. The third-order valence-electron chi connectivity index (χ3n) is 2.92. The topological polar surface area (TPSA) is 86.8 Å². The van der Waals surface area contributed by atoms with Crippen LogP contribution in [0.4, 0.5) is 5.82 Å². The Kier molecular flexibility index (Phi) is 3.78. The average Bonchev–Trinajstić information content (AvgIpc) is 2.82. The Morgan fingerprint density at radius 3 is 2.84 bits per heavy atom. The van der Waals surface area contributed by atoms with Crippen LogP contribution in [-0.2, 0) is 0 Å². The van der Waals surface area contributed by atoms with E-state index < -0.39 is 0 Å². The number of hydrogen-bond acceptors (Lipinski definition) is 5. The van der Waals surface area contributed by atoms with Gasteiger partial charge in [0.1, 0.15) is 6.07 Å². The molecule has 0 aliphatic rings. The maximum Gasteiger partial charge on any atom is 0.207 e. The van der Waals surface area contributed by atoms with Crippen molar-refractivity contribution in [1.82, 2.24) is 15.0 Å². The molecule has 0 spiro atoms. The molecule has 0 amide bonds. The third kappa shape index (κ3) is 2.56. The molecule has 0 aliphatic carbocycles. The molecule has 6 nitrogen and oxygen atoms in total. The van der Waals surface area contributed by atoms with Crippen molar-refractivity contribution >= 4 is 5.82 Å². The first-order chi connectivity index (χ1) is 9.17. The van der Waals surface area contributed by atoms with E-state index in [4.69, 9.17) is 10.4 Å². The smallest absolute Gasteiger partial charge is 0.207 e. The highest BCUT2D eigenvalue weighted by atomic mass is 16.3. The molecular weight excluding hydrogens is 242 g/mol. The van der Waals surface area contributed by atoms with Crippen LogP contribution >= 0.6 is 0 Å². The number of nitrogens with one attached hydrogen (secondary N) is 1. The van der Waals surface area contributed by atoms with Gasteiger partial charge in [0.05, 0.1) is 12.3 Å². The SMILES string of the molecule is Cc1cccc(-n2nc(C#N)c(NCCO)n2)c1C. The standard InChI is InChI=1S/C13H15N5O/c1-9-4-3-5-12(10(9)2)18-16-11(8-14)13(17-18)15-6-7-19/h3-5,19H,6-7H2,1-2H3,(H,15,17). The fourth-order valence-corrected chi connectivity index (χ4v) is 1.74. The van der Waals surface area contributed by atoms with Gasteiger partial charge in [0.25, 0.3) is 0 Å². The van der Waals surface area contributed by atoms with Gasteiger partial charge in [-0.2, -0.15) is 5.26 Å². The van der Waals surface area contributed by atoms with E-state index in [1.807, 2.05) is 38.1 Å². The van der Waals surface area contributed by atoms with Crippen LogP contribution in [0.3, 0.4) is 0 Å². The maximum absolute atomic E-state index is 9.03. The van der Waals surface area contributed by atoms with Gasteiger partial charge in [-0.25, -0.2) is 0 Å². The van der Waals surface area contributed by atoms with Gasteiger partial charge < -0.3 is 10.4 Å². The molecule has 0 saturated heterocycles. The van der Waals surface area contributed by atoms with Crippen molar-refractivity contribution in [3.05, 3.63) is 35.0 Å². The van der Waals surface area contributed by atoms with Crippen molar-refractivity contribution in [3.8, 4) is 11.8 Å². The monoisotopic (exact) mass is 257 g/mol. The number of rotatable bonds is 4. The van der Waals surface area contributed by atoms with Gasteiger partial charge >= 0.3 is 0 Å². The quantitative estimate of drug-likeness (QED) is 0.858. The number of benzene rings is 1. The van der Waals surface area contributed by atoms with Gasteiger partial charge in [0, 0.05) is 6.54 Å². The van der Waals surface area contributed by atoms with E-state index in [2.05, 4.69) is 15.5 Å². The Hall–Kier alpha value is -2.39. The van der Waals surface area contributed by atoms with Crippen LogP contribution < -0.4 is 5.32 Å². The van der Waals surface area contributed by atoms with Crippen LogP contribution in [0.2, 0.25) is 0 Å². The summed E-state index contributed by atoms with van der Waals surface area (Å²) in [5, 5.41) is 29.1. The summed E-state index contributed by atoms with van der Waals surface area (Å²) in [5.41, 5.74) is 3.26. The summed E-state index contributed by atoms with van der Waals surface area (Å²) in [7, 11) is 0. The number of nitriles is 1. The number of anilines is 1. The van der Waals surface area contributed by atoms with Crippen LogP contribution in [0.25, 0.3) is 5.69 Å². The van der Waals surface area contributed by atoms with E-state index in [1.54, 1.807) is 0 Å². The molecule has 0 aliphatic heterocycles. The summed E-state index contributed by atoms with van der Waals surface area (Å²) in [4.78, 5) is 1.45. The summed E-state index contributed by atoms with van der Waals surface area (Å²) in [6.07, 6.45) is 0. The van der Waals surface area contributed by atoms with Crippen molar-refractivity contribution in [2.24, 2.45) is 0 Å². The first-order valence-electron chi connectivity index (χ1n) is 5.96. The molecule has 98 valence electrons. The second-order valence-corrected chi connectivity index (χ2v) is 4.17. The predicted octanol–water partition coefficient (Wildman–Crippen LogP) is 1.16. The van der Waals surface area contributed by atoms with Crippen molar-refractivity contribution in [2.45, 2.75) is 13.8 Å². The Morgan fingerprint density at radius 2 is 2.16 bits per heavy atom. The Morgan fingerprint density at radius 1 is 1.37 bits per heavy atom. The third-order valence-corrected chi connectivity index (χ3v) is 2.92. The Bertz CT molecular complexity index is 626. The van der Waals surface area contributed by atoms with E-state index in [0.717, 1.165) is 16.8 Å². The van der Waals surface area contributed by atoms with E-state index in [-0.39, 0.29) is 12.3 Å². The highest BCUT2D eigenvalue weighted by Gasteiger charge is 2.12. The van der Waals surface area contributed by atoms with Crippen molar-refractivity contribution in [2.75, 3.05) is 18.5 Å². The van der Waals surface area contributed by atoms with E-state index in [9.17, 15) is 0 Å². The minimum Gasteiger partial charge on any atom is -0.395 e. The molecule has 1 aromatic carbocycles. The lowest BCUT2D eigenvalue weighted by Gasteiger charge is -2.06. The van der Waals surface area contributed by atoms with Crippen molar-refractivity contribution in [1.29, 1.82) is 5.26 Å². The molecule has 19 heavy (non-hydrogen) atoms. The highest BCUT2D eigenvalue weighted by molar-refractivity contribution is 5.49. The first kappa shape index (κ1) is 13.1. The highest BCUT2D eigenvalue weighted by Crippen LogP contribution is 2.18. The van der Waals surface area contributed by atoms with Gasteiger partial charge in [-0.15, -0.1) is 15.0 Å². The predicted molar refractivity (Wildman–Crippen MR) is 71.1 cm³/mol. The number of aryl methyl sites for hydroxylation is 1. The van der Waals surface area contributed by atoms with Crippen LogP contribution in [0.5, 0.6) is 0 Å². The molecule has 1 heterocycles. The van der Waals surface area contributed by atoms with Crippen LogP contribution in [0.15, 0.2) is 18.2 Å². The summed E-state index contributed by atoms with van der Waals surface area (Å²) >= 11 is 0. The largest absolute Gasteiger partial charge is 0.395 e. The fourth-order valence-electron chi connectivity index (χ4n) is 1.74. The molecule has 0 saturated carbocycles. The molecule has 0 fully saturated rings. The molecule has 2 N–H and O–H groups in total. The lowest BCUT2D eigenvalue weighted by atomic mass is 10.1. The first-order valence-corrected chi connectivity index (χ1v) is 5.96. The number of hydrogen-bond donors (Lipinski definition) is 2. The number of aliphatic hydroxyl groups excluding tert-OH is 1. The minimum absolute atomic E-state index is 0.0266. The molecule has 0 atom stereocenters. The Labute approximate surface area is 111 Å². The fraction of sp³-hybridized carbons (Fsp3) is 0.308. The lowest BCUT2D eigenvalue weighted by molar-refractivity contribution is 0.311. The zero-order chi connectivity index (χ0) is 13.8. The van der Waals surface area contributed by atoms with Gasteiger partial charge in [0.2, 0.25) is 5.69 Å². The van der Waals surface area contributed by atoms with Gasteiger partial charge in [-0.3, -0.25) is 0 Å². The second-order valence-electron chi connectivity index (χ2n) is 4.17. The van der Waals surface area contributed by atoms with Crippen LogP contribution in [-0.4, -0.2) is 33.3 Å². The van der Waals surface area contributed by atoms with E-state index in [0.29, 0.717) is 12.4 Å². The van der Waals surface area contributed by atoms with E-state index in [1.165, 1.54) is 4.80 Å². The molecule has 0 unspecified atom stereocenters. The molecule has 2 aromatic rings. The number of aromatic nitrogens is 3. The summed E-state index contributed by atoms with van der Waals surface area (Å²) in [6, 6.07) is 7.83. The lowest BCUT2D eigenvalue weighted by Crippen LogP contribution is -2.07. The molecule has 6 heteroatoms. The summed E-state index contributed by atoms with van der Waals surface area (Å²) in [5.74, 6) is 0.387. The van der Waals surface area contributed by atoms with E-state index >= 15 is 0 Å².